The lowest BCUT2D eigenvalue weighted by Gasteiger charge is -2.35. The summed E-state index contributed by atoms with van der Waals surface area (Å²) in [7, 11) is 0. The third-order valence-corrected chi connectivity index (χ3v) is 11.2. The standard InChI is InChI=1S/C42H45FN6O8S/c1-5-47-22-31(40(52)53)37(50)30-19-32(43)34(20-33(30)47)48-15-17-49(18-16-48)42(55)57-24-28-11-13-29(14-12-28)45-38(51)26(4)39-44-21-35(58-39)36(25(2)3)46-41(54)56-23-27-9-7-6-8-10-27/h6-14,19-22,25-26,36H,5,15-18,23-24H2,1-4H3,(H,45,51)(H,46,54)(H,52,53)/t26?,36-/m0/s1. The van der Waals surface area contributed by atoms with Gasteiger partial charge >= 0.3 is 18.2 Å². The topological polar surface area (TPSA) is 172 Å². The van der Waals surface area contributed by atoms with Gasteiger partial charge in [-0.2, -0.15) is 0 Å². The maximum atomic E-state index is 15.3. The van der Waals surface area contributed by atoms with Crippen molar-refractivity contribution in [2.24, 2.45) is 5.92 Å². The summed E-state index contributed by atoms with van der Waals surface area (Å²) in [5.74, 6) is -2.81. The number of carboxylic acids is 1. The van der Waals surface area contributed by atoms with Gasteiger partial charge in [0.15, 0.2) is 0 Å². The summed E-state index contributed by atoms with van der Waals surface area (Å²) in [6.07, 6.45) is 1.89. The highest BCUT2D eigenvalue weighted by Gasteiger charge is 2.27. The van der Waals surface area contributed by atoms with E-state index in [4.69, 9.17) is 9.47 Å². The van der Waals surface area contributed by atoms with Crippen molar-refractivity contribution < 1.29 is 38.1 Å². The van der Waals surface area contributed by atoms with E-state index in [1.807, 2.05) is 44.2 Å². The van der Waals surface area contributed by atoms with Crippen LogP contribution in [0, 0.1) is 11.7 Å². The summed E-state index contributed by atoms with van der Waals surface area (Å²) in [6, 6.07) is 18.6. The zero-order valence-corrected chi connectivity index (χ0v) is 33.4. The molecule has 1 saturated heterocycles. The molecule has 1 fully saturated rings. The number of carbonyl (C=O) groups excluding carboxylic acids is 3. The number of carboxylic acid groups (broad SMARTS) is 1. The van der Waals surface area contributed by atoms with Gasteiger partial charge in [0.25, 0.3) is 0 Å². The fraction of sp³-hybridized carbons (Fsp3) is 0.333. The van der Waals surface area contributed by atoms with Gasteiger partial charge in [0.1, 0.15) is 29.6 Å². The summed E-state index contributed by atoms with van der Waals surface area (Å²) in [5, 5.41) is 15.8. The smallest absolute Gasteiger partial charge is 0.410 e. The van der Waals surface area contributed by atoms with Crippen LogP contribution in [-0.4, -0.2) is 69.8 Å². The van der Waals surface area contributed by atoms with E-state index in [0.29, 0.717) is 41.4 Å². The number of aromatic carboxylic acids is 1. The lowest BCUT2D eigenvalue weighted by Crippen LogP contribution is -2.49. The van der Waals surface area contributed by atoms with Gasteiger partial charge in [0.05, 0.1) is 23.2 Å². The van der Waals surface area contributed by atoms with Crippen LogP contribution in [0.1, 0.15) is 71.0 Å². The summed E-state index contributed by atoms with van der Waals surface area (Å²) >= 11 is 1.36. The number of thiazole rings is 1. The molecular weight excluding hydrogens is 768 g/mol. The summed E-state index contributed by atoms with van der Waals surface area (Å²) in [4.78, 5) is 71.6. The molecule has 304 valence electrons. The van der Waals surface area contributed by atoms with Crippen LogP contribution in [0.3, 0.4) is 0 Å². The van der Waals surface area contributed by atoms with Gasteiger partial charge in [-0.05, 0) is 55.2 Å². The molecule has 16 heteroatoms. The van der Waals surface area contributed by atoms with Crippen LogP contribution in [0.25, 0.3) is 10.9 Å². The van der Waals surface area contributed by atoms with Crippen molar-refractivity contribution in [2.75, 3.05) is 36.4 Å². The predicted molar refractivity (Wildman–Crippen MR) is 218 cm³/mol. The van der Waals surface area contributed by atoms with Gasteiger partial charge in [-0.15, -0.1) is 11.3 Å². The molecular formula is C42H45FN6O8S. The first-order valence-electron chi connectivity index (χ1n) is 18.9. The average Bonchev–Trinajstić information content (AvgIpc) is 3.71. The Morgan fingerprint density at radius 2 is 1.60 bits per heavy atom. The number of pyridine rings is 1. The molecule has 2 atom stereocenters. The molecule has 3 N–H and O–H groups in total. The van der Waals surface area contributed by atoms with Gasteiger partial charge in [0.2, 0.25) is 11.3 Å². The van der Waals surface area contributed by atoms with E-state index >= 15 is 4.39 Å². The van der Waals surface area contributed by atoms with E-state index in [9.17, 15) is 29.1 Å². The molecule has 1 aliphatic heterocycles. The number of hydrogen-bond donors (Lipinski definition) is 3. The molecule has 14 nitrogen and oxygen atoms in total. The van der Waals surface area contributed by atoms with Crippen molar-refractivity contribution in [3.63, 3.8) is 0 Å². The van der Waals surface area contributed by atoms with Gasteiger partial charge in [-0.25, -0.2) is 23.8 Å². The van der Waals surface area contributed by atoms with E-state index in [0.717, 1.165) is 16.5 Å². The molecule has 3 amide bonds. The number of carbonyl (C=O) groups is 4. The van der Waals surface area contributed by atoms with Crippen molar-refractivity contribution in [1.29, 1.82) is 0 Å². The largest absolute Gasteiger partial charge is 0.477 e. The Balaban J connectivity index is 0.975. The van der Waals surface area contributed by atoms with Gasteiger partial charge in [-0.1, -0.05) is 56.3 Å². The Kier molecular flexibility index (Phi) is 13.1. The maximum Gasteiger partial charge on any atom is 0.410 e. The highest BCUT2D eigenvalue weighted by atomic mass is 32.1. The number of piperazine rings is 1. The molecule has 1 aliphatic rings. The molecule has 3 heterocycles. The lowest BCUT2D eigenvalue weighted by atomic mass is 10.0. The van der Waals surface area contributed by atoms with Crippen molar-refractivity contribution in [3.8, 4) is 0 Å². The second-order valence-corrected chi connectivity index (χ2v) is 15.3. The fourth-order valence-corrected chi connectivity index (χ4v) is 7.77. The van der Waals surface area contributed by atoms with E-state index in [1.165, 1.54) is 22.4 Å². The minimum Gasteiger partial charge on any atom is -0.477 e. The van der Waals surface area contributed by atoms with E-state index in [1.54, 1.807) is 59.8 Å². The number of hydrogen-bond acceptors (Lipinski definition) is 10. The normalized spacial score (nSPS) is 13.9. The second kappa shape index (κ2) is 18.3. The van der Waals surface area contributed by atoms with E-state index < -0.39 is 40.9 Å². The number of nitrogens with one attached hydrogen (secondary N) is 2. The summed E-state index contributed by atoms with van der Waals surface area (Å²) < 4.78 is 27.9. The molecule has 6 rings (SSSR count). The zero-order valence-electron chi connectivity index (χ0n) is 32.6. The Morgan fingerprint density at radius 1 is 0.931 bits per heavy atom. The predicted octanol–water partition coefficient (Wildman–Crippen LogP) is 7.14. The number of alkyl carbamates (subject to hydrolysis) is 1. The van der Waals surface area contributed by atoms with Gasteiger partial charge in [-0.3, -0.25) is 9.59 Å². The zero-order chi connectivity index (χ0) is 41.5. The molecule has 1 unspecified atom stereocenters. The molecule has 0 bridgehead atoms. The minimum absolute atomic E-state index is 0.00258. The van der Waals surface area contributed by atoms with Crippen molar-refractivity contribution >= 4 is 57.7 Å². The van der Waals surface area contributed by atoms with Crippen molar-refractivity contribution in [1.82, 2.24) is 19.8 Å². The molecule has 0 saturated carbocycles. The number of fused-ring (bicyclic) bond motifs is 1. The number of aryl methyl sites for hydroxylation is 1. The minimum atomic E-state index is -1.37. The summed E-state index contributed by atoms with van der Waals surface area (Å²) in [6.45, 7) is 9.24. The van der Waals surface area contributed by atoms with Crippen LogP contribution in [0.15, 0.2) is 83.9 Å². The highest BCUT2D eigenvalue weighted by Crippen LogP contribution is 2.31. The fourth-order valence-electron chi connectivity index (χ4n) is 6.57. The molecule has 2 aromatic heterocycles. The molecule has 3 aromatic carbocycles. The number of anilines is 2. The number of amides is 3. The van der Waals surface area contributed by atoms with Crippen LogP contribution >= 0.6 is 11.3 Å². The van der Waals surface area contributed by atoms with Crippen molar-refractivity contribution in [2.45, 2.75) is 59.4 Å². The first-order chi connectivity index (χ1) is 27.8. The van der Waals surface area contributed by atoms with E-state index in [2.05, 4.69) is 15.6 Å². The monoisotopic (exact) mass is 812 g/mol. The first-order valence-corrected chi connectivity index (χ1v) is 19.7. The Morgan fingerprint density at radius 3 is 2.26 bits per heavy atom. The molecule has 0 aliphatic carbocycles. The number of ether oxygens (including phenoxy) is 2. The summed E-state index contributed by atoms with van der Waals surface area (Å²) in [5.41, 5.74) is 1.67. The van der Waals surface area contributed by atoms with E-state index in [-0.39, 0.29) is 55.2 Å². The molecule has 0 spiro atoms. The first kappa shape index (κ1) is 41.3. The quantitative estimate of drug-likeness (QED) is 0.111. The number of halogens is 1. The maximum absolute atomic E-state index is 15.3. The van der Waals surface area contributed by atoms with Crippen molar-refractivity contribution in [3.05, 3.63) is 122 Å². The Labute approximate surface area is 338 Å². The Hall–Kier alpha value is -6.29. The van der Waals surface area contributed by atoms with Crippen LogP contribution in [-0.2, 0) is 34.0 Å². The lowest BCUT2D eigenvalue weighted by molar-refractivity contribution is -0.117. The number of rotatable bonds is 13. The number of nitrogens with zero attached hydrogens (tertiary/aromatic N) is 4. The van der Waals surface area contributed by atoms with Crippen LogP contribution in [0.2, 0.25) is 0 Å². The SMILES string of the molecule is CCn1cc(C(=O)O)c(=O)c2cc(F)c(N3CCN(C(=O)OCc4ccc(NC(=O)C(C)c5ncc([C@@H](NC(=O)OCc6ccccc6)C(C)C)s5)cc4)CC3)cc21. The third-order valence-electron chi connectivity index (χ3n) is 9.95. The Bertz CT molecular complexity index is 2340. The molecule has 58 heavy (non-hydrogen) atoms. The third kappa shape index (κ3) is 9.62. The van der Waals surface area contributed by atoms with Gasteiger partial charge < -0.3 is 39.6 Å². The average molecular weight is 813 g/mol. The highest BCUT2D eigenvalue weighted by molar-refractivity contribution is 7.11. The van der Waals surface area contributed by atoms with Crippen LogP contribution < -0.4 is 21.0 Å². The number of benzene rings is 3. The van der Waals surface area contributed by atoms with Crippen LogP contribution in [0.4, 0.5) is 25.4 Å². The van der Waals surface area contributed by atoms with Gasteiger partial charge in [0, 0.05) is 61.1 Å². The second-order valence-electron chi connectivity index (χ2n) is 14.2. The van der Waals surface area contributed by atoms with Crippen LogP contribution in [0.5, 0.6) is 0 Å². The molecule has 5 aromatic rings. The molecule has 0 radical (unpaired) electrons. The number of aromatic nitrogens is 2.